The molecule has 0 saturated heterocycles. The second kappa shape index (κ2) is 4.40. The first kappa shape index (κ1) is 11.4. The maximum Gasteiger partial charge on any atom is 0.227 e. The molecule has 1 saturated carbocycles. The number of amides is 1. The summed E-state index contributed by atoms with van der Waals surface area (Å²) in [5.41, 5.74) is 5.69. The zero-order valence-electron chi connectivity index (χ0n) is 8.98. The molecule has 0 aromatic heterocycles. The Morgan fingerprint density at radius 2 is 2.24 bits per heavy atom. The lowest BCUT2D eigenvalue weighted by Gasteiger charge is -2.07. The molecule has 90 valence electrons. The van der Waals surface area contributed by atoms with Gasteiger partial charge in [-0.1, -0.05) is 5.16 Å². The Labute approximate surface area is 97.1 Å². The highest BCUT2D eigenvalue weighted by Crippen LogP contribution is 2.30. The van der Waals surface area contributed by atoms with Crippen molar-refractivity contribution in [2.75, 3.05) is 5.32 Å². The number of halogens is 1. The molecule has 0 unspecified atom stereocenters. The van der Waals surface area contributed by atoms with Gasteiger partial charge in [-0.3, -0.25) is 4.79 Å². The molecule has 1 aromatic rings. The topological polar surface area (TPSA) is 87.7 Å². The average Bonchev–Trinajstić information content (AvgIpc) is 3.14. The van der Waals surface area contributed by atoms with Crippen molar-refractivity contribution in [3.8, 4) is 0 Å². The van der Waals surface area contributed by atoms with Crippen LogP contribution in [0.2, 0.25) is 0 Å². The van der Waals surface area contributed by atoms with E-state index in [1.54, 1.807) is 0 Å². The Hall–Kier alpha value is -2.11. The minimum absolute atomic E-state index is 0.0122. The number of amidine groups is 1. The van der Waals surface area contributed by atoms with Crippen molar-refractivity contribution in [3.63, 3.8) is 0 Å². The largest absolute Gasteiger partial charge is 0.409 e. The van der Waals surface area contributed by atoms with E-state index in [1.807, 2.05) is 0 Å². The smallest absolute Gasteiger partial charge is 0.227 e. The average molecular weight is 237 g/mol. The van der Waals surface area contributed by atoms with Crippen molar-refractivity contribution in [3.05, 3.63) is 29.6 Å². The number of nitrogens with zero attached hydrogens (tertiary/aromatic N) is 1. The quantitative estimate of drug-likeness (QED) is 0.320. The van der Waals surface area contributed by atoms with Crippen molar-refractivity contribution in [1.29, 1.82) is 0 Å². The van der Waals surface area contributed by atoms with Gasteiger partial charge in [0.25, 0.3) is 0 Å². The van der Waals surface area contributed by atoms with Gasteiger partial charge >= 0.3 is 0 Å². The summed E-state index contributed by atoms with van der Waals surface area (Å²) in [6, 6.07) is 3.97. The Bertz CT molecular complexity index is 484. The lowest BCUT2D eigenvalue weighted by Crippen LogP contribution is -2.16. The standard InChI is InChI=1S/C11H12FN3O2/c12-8-5-7(10(13)15-17)3-4-9(8)14-11(16)6-1-2-6/h3-6,17H,1-2H2,(H2,13,15)(H,14,16). The van der Waals surface area contributed by atoms with Crippen LogP contribution in [-0.4, -0.2) is 17.0 Å². The van der Waals surface area contributed by atoms with Crippen LogP contribution in [0.1, 0.15) is 18.4 Å². The van der Waals surface area contributed by atoms with E-state index in [0.717, 1.165) is 18.9 Å². The molecular formula is C11H12FN3O2. The van der Waals surface area contributed by atoms with Gasteiger partial charge in [0.15, 0.2) is 5.84 Å². The van der Waals surface area contributed by atoms with Crippen LogP contribution in [0.15, 0.2) is 23.4 Å². The van der Waals surface area contributed by atoms with E-state index in [-0.39, 0.29) is 28.9 Å². The van der Waals surface area contributed by atoms with Gasteiger partial charge in [0.1, 0.15) is 5.82 Å². The van der Waals surface area contributed by atoms with Crippen LogP contribution in [0.4, 0.5) is 10.1 Å². The first-order chi connectivity index (χ1) is 8.11. The van der Waals surface area contributed by atoms with Gasteiger partial charge in [-0.25, -0.2) is 4.39 Å². The van der Waals surface area contributed by atoms with Crippen LogP contribution >= 0.6 is 0 Å². The van der Waals surface area contributed by atoms with Crippen LogP contribution in [0.5, 0.6) is 0 Å². The highest BCUT2D eigenvalue weighted by molar-refractivity contribution is 5.98. The van der Waals surface area contributed by atoms with E-state index in [4.69, 9.17) is 10.9 Å². The summed E-state index contributed by atoms with van der Waals surface area (Å²) in [7, 11) is 0. The number of oxime groups is 1. The summed E-state index contributed by atoms with van der Waals surface area (Å²) in [4.78, 5) is 11.4. The van der Waals surface area contributed by atoms with Gasteiger partial charge in [0.05, 0.1) is 5.69 Å². The molecule has 2 rings (SSSR count). The third kappa shape index (κ3) is 2.52. The fourth-order valence-electron chi connectivity index (χ4n) is 1.41. The summed E-state index contributed by atoms with van der Waals surface area (Å²) in [5.74, 6) is -0.939. The Morgan fingerprint density at radius 3 is 2.76 bits per heavy atom. The van der Waals surface area contributed by atoms with Crippen molar-refractivity contribution < 1.29 is 14.4 Å². The number of nitrogens with one attached hydrogen (secondary N) is 1. The zero-order valence-corrected chi connectivity index (χ0v) is 8.98. The summed E-state index contributed by atoms with van der Waals surface area (Å²) in [5, 5.41) is 13.7. The van der Waals surface area contributed by atoms with Crippen molar-refractivity contribution >= 4 is 17.4 Å². The van der Waals surface area contributed by atoms with Crippen LogP contribution in [0.25, 0.3) is 0 Å². The molecule has 0 bridgehead atoms. The molecule has 4 N–H and O–H groups in total. The lowest BCUT2D eigenvalue weighted by molar-refractivity contribution is -0.117. The number of nitrogens with two attached hydrogens (primary N) is 1. The molecule has 1 amide bonds. The molecule has 1 aromatic carbocycles. The predicted octanol–water partition coefficient (Wildman–Crippen LogP) is 1.27. The molecule has 6 heteroatoms. The highest BCUT2D eigenvalue weighted by Gasteiger charge is 2.30. The van der Waals surface area contributed by atoms with Gasteiger partial charge in [-0.15, -0.1) is 0 Å². The van der Waals surface area contributed by atoms with E-state index in [2.05, 4.69) is 10.5 Å². The fourth-order valence-corrected chi connectivity index (χ4v) is 1.41. The normalized spacial score (nSPS) is 15.7. The van der Waals surface area contributed by atoms with Gasteiger partial charge in [0, 0.05) is 11.5 Å². The van der Waals surface area contributed by atoms with Gasteiger partial charge in [-0.05, 0) is 31.0 Å². The SMILES string of the molecule is N/C(=N/O)c1ccc(NC(=O)C2CC2)c(F)c1. The van der Waals surface area contributed by atoms with Crippen molar-refractivity contribution in [1.82, 2.24) is 0 Å². The van der Waals surface area contributed by atoms with Crippen LogP contribution in [0, 0.1) is 11.7 Å². The van der Waals surface area contributed by atoms with E-state index in [9.17, 15) is 9.18 Å². The number of benzene rings is 1. The Kier molecular flexibility index (Phi) is 2.95. The minimum atomic E-state index is -0.608. The second-order valence-electron chi connectivity index (χ2n) is 3.94. The van der Waals surface area contributed by atoms with E-state index >= 15 is 0 Å². The maximum atomic E-state index is 13.6. The third-order valence-electron chi connectivity index (χ3n) is 2.58. The molecule has 0 aliphatic heterocycles. The maximum absolute atomic E-state index is 13.6. The number of carbonyl (C=O) groups excluding carboxylic acids is 1. The molecule has 1 fully saturated rings. The van der Waals surface area contributed by atoms with E-state index < -0.39 is 5.82 Å². The third-order valence-corrected chi connectivity index (χ3v) is 2.58. The van der Waals surface area contributed by atoms with Crippen LogP contribution < -0.4 is 11.1 Å². The van der Waals surface area contributed by atoms with E-state index in [0.29, 0.717) is 0 Å². The minimum Gasteiger partial charge on any atom is -0.409 e. The highest BCUT2D eigenvalue weighted by atomic mass is 19.1. The Morgan fingerprint density at radius 1 is 1.53 bits per heavy atom. The van der Waals surface area contributed by atoms with Crippen LogP contribution in [0.3, 0.4) is 0 Å². The lowest BCUT2D eigenvalue weighted by atomic mass is 10.2. The second-order valence-corrected chi connectivity index (χ2v) is 3.94. The molecule has 0 radical (unpaired) electrons. The van der Waals surface area contributed by atoms with Crippen molar-refractivity contribution in [2.45, 2.75) is 12.8 Å². The number of hydrogen-bond donors (Lipinski definition) is 3. The summed E-state index contributed by atoms with van der Waals surface area (Å²) in [6.07, 6.45) is 1.71. The predicted molar refractivity (Wildman–Crippen MR) is 60.3 cm³/mol. The summed E-state index contributed by atoms with van der Waals surface area (Å²) in [6.45, 7) is 0. The first-order valence-electron chi connectivity index (χ1n) is 5.20. The molecule has 1 aliphatic rings. The number of rotatable bonds is 3. The molecule has 0 heterocycles. The summed E-state index contributed by atoms with van der Waals surface area (Å²) < 4.78 is 13.6. The summed E-state index contributed by atoms with van der Waals surface area (Å²) >= 11 is 0. The number of anilines is 1. The molecule has 5 nitrogen and oxygen atoms in total. The number of carbonyl (C=O) groups is 1. The molecule has 0 spiro atoms. The molecule has 17 heavy (non-hydrogen) atoms. The van der Waals surface area contributed by atoms with Crippen molar-refractivity contribution in [2.24, 2.45) is 16.8 Å². The fraction of sp³-hybridized carbons (Fsp3) is 0.273. The number of hydrogen-bond acceptors (Lipinski definition) is 3. The molecular weight excluding hydrogens is 225 g/mol. The monoisotopic (exact) mass is 237 g/mol. The van der Waals surface area contributed by atoms with Crippen LogP contribution in [-0.2, 0) is 4.79 Å². The zero-order chi connectivity index (χ0) is 12.4. The molecule has 0 atom stereocenters. The Balaban J connectivity index is 2.16. The van der Waals surface area contributed by atoms with Gasteiger partial charge in [-0.2, -0.15) is 0 Å². The molecule has 1 aliphatic carbocycles. The van der Waals surface area contributed by atoms with E-state index in [1.165, 1.54) is 12.1 Å². The van der Waals surface area contributed by atoms with Gasteiger partial charge < -0.3 is 16.3 Å². The first-order valence-corrected chi connectivity index (χ1v) is 5.20. The van der Waals surface area contributed by atoms with Gasteiger partial charge in [0.2, 0.25) is 5.91 Å².